The number of halogens is 5. The molecule has 0 saturated carbocycles. The van der Waals surface area contributed by atoms with Gasteiger partial charge < -0.3 is 49.6 Å². The van der Waals surface area contributed by atoms with Crippen LogP contribution < -0.4 is 10.6 Å². The predicted molar refractivity (Wildman–Crippen MR) is 206 cm³/mol. The van der Waals surface area contributed by atoms with Gasteiger partial charge in [-0.05, 0) is 49.8 Å². The van der Waals surface area contributed by atoms with Crippen molar-refractivity contribution in [2.75, 3.05) is 72.6 Å². The maximum atomic E-state index is 13.5. The number of nitrogens with zero attached hydrogens (tertiary/aromatic N) is 3. The van der Waals surface area contributed by atoms with Crippen LogP contribution in [0.3, 0.4) is 0 Å². The van der Waals surface area contributed by atoms with E-state index in [1.165, 1.54) is 5.56 Å². The summed E-state index contributed by atoms with van der Waals surface area (Å²) in [6.07, 6.45) is 7.37. The average molecular weight is 869 g/mol. The molecule has 340 valence electrons. The van der Waals surface area contributed by atoms with Crippen LogP contribution in [0, 0.1) is 29.1 Å². The van der Waals surface area contributed by atoms with Gasteiger partial charge in [0.1, 0.15) is 11.9 Å². The number of aliphatic hydroxyl groups excluding tert-OH is 2. The lowest BCUT2D eigenvalue weighted by atomic mass is 10.0. The molecule has 16 nitrogen and oxygen atoms in total. The number of benzene rings is 2. The number of hydroxylamine groups is 2. The Bertz CT molecular complexity index is 1530. The summed E-state index contributed by atoms with van der Waals surface area (Å²) in [5.41, 5.74) is 1.98. The molecule has 1 heterocycles. The van der Waals surface area contributed by atoms with Gasteiger partial charge in [-0.25, -0.2) is 13.2 Å². The molecule has 3 rings (SSSR count). The van der Waals surface area contributed by atoms with Crippen LogP contribution in [0.2, 0.25) is 0 Å². The van der Waals surface area contributed by atoms with Crippen molar-refractivity contribution in [2.45, 2.75) is 82.5 Å². The minimum absolute atomic E-state index is 0.0630. The van der Waals surface area contributed by atoms with Gasteiger partial charge in [0.25, 0.3) is 0 Å². The van der Waals surface area contributed by atoms with E-state index in [0.29, 0.717) is 45.8 Å². The first-order valence-electron chi connectivity index (χ1n) is 19.5. The van der Waals surface area contributed by atoms with E-state index in [0.717, 1.165) is 50.7 Å². The van der Waals surface area contributed by atoms with Crippen molar-refractivity contribution in [1.82, 2.24) is 5.23 Å². The number of hydrazone groups is 1. The summed E-state index contributed by atoms with van der Waals surface area (Å²) in [7, 11) is 0. The summed E-state index contributed by atoms with van der Waals surface area (Å²) in [4.78, 5) is 15.9. The Morgan fingerprint density at radius 1 is 0.767 bits per heavy atom. The number of carbonyl (C=O) groups excluding carboxylic acids is 1. The number of unbranched alkanes of at least 4 members (excludes halogenated alkanes) is 4. The highest BCUT2D eigenvalue weighted by molar-refractivity contribution is 6.30. The zero-order chi connectivity index (χ0) is 44.1. The number of aliphatic hydroxyl groups is 2. The first kappa shape index (κ1) is 52.2. The topological polar surface area (TPSA) is 228 Å². The largest absolute Gasteiger partial charge is 0.508 e. The van der Waals surface area contributed by atoms with Crippen LogP contribution in [0.4, 0.5) is 22.0 Å². The van der Waals surface area contributed by atoms with Gasteiger partial charge in [-0.1, -0.05) is 36.6 Å². The molecule has 7 N–H and O–H groups in total. The number of nitrogens with two attached hydrogens (primary N) is 1. The molecule has 0 aromatic heterocycles. The van der Waals surface area contributed by atoms with Crippen LogP contribution in [-0.4, -0.2) is 140 Å². The molecule has 2 unspecified atom stereocenters. The Kier molecular flexibility index (Phi) is 27.0. The standard InChI is InChI=1S/C32H42F5N3O7.C7H15NO5/c33-27-28(34)30(36)32(31(37)29(27)35)47-26(42)12-14-43-16-18-45-20-21-46-19-17-44-15-13-39-22-24(40-38)7-5-3-1-2-4-6-23-8-10-25(41)11-9-23;9-6-3-5(1-2-8(11)12)13-4-7(6)10/h8-11,22,41H,1-7,12-21,38H2;5-7,9-12H,1-4H2/b39-22?,40-24-;/t;5-,6?,7?/m.1/s1. The molecule has 0 radical (unpaired) electrons. The molecule has 0 spiro atoms. The minimum Gasteiger partial charge on any atom is -0.508 e. The summed E-state index contributed by atoms with van der Waals surface area (Å²) in [6.45, 7) is 2.40. The fourth-order valence-corrected chi connectivity index (χ4v) is 5.34. The number of aryl methyl sites for hydroxylation is 1. The first-order valence-corrected chi connectivity index (χ1v) is 19.5. The number of aromatic hydroxyl groups is 1. The highest BCUT2D eigenvalue weighted by Gasteiger charge is 2.29. The van der Waals surface area contributed by atoms with E-state index < -0.39 is 59.4 Å². The second-order valence-corrected chi connectivity index (χ2v) is 13.4. The van der Waals surface area contributed by atoms with Crippen molar-refractivity contribution in [3.05, 3.63) is 58.9 Å². The highest BCUT2D eigenvalue weighted by atomic mass is 19.2. The molecule has 2 aromatic carbocycles. The van der Waals surface area contributed by atoms with Crippen LogP contribution in [0.15, 0.2) is 34.4 Å². The van der Waals surface area contributed by atoms with Crippen LogP contribution in [0.1, 0.15) is 63.4 Å². The van der Waals surface area contributed by atoms with Crippen molar-refractivity contribution in [1.29, 1.82) is 0 Å². The molecule has 21 heteroatoms. The van der Waals surface area contributed by atoms with Gasteiger partial charge in [0.05, 0.1) is 96.9 Å². The molecular weight excluding hydrogens is 811 g/mol. The van der Waals surface area contributed by atoms with Gasteiger partial charge in [-0.2, -0.15) is 13.9 Å². The number of phenols is 1. The van der Waals surface area contributed by atoms with Crippen molar-refractivity contribution < 1.29 is 80.9 Å². The smallest absolute Gasteiger partial charge is 0.313 e. The summed E-state index contributed by atoms with van der Waals surface area (Å²) in [5.74, 6) is -8.37. The van der Waals surface area contributed by atoms with E-state index in [1.807, 2.05) is 12.1 Å². The summed E-state index contributed by atoms with van der Waals surface area (Å²) in [5, 5.41) is 48.4. The van der Waals surface area contributed by atoms with E-state index in [-0.39, 0.29) is 56.7 Å². The number of aliphatic imine (C=N–C) groups is 1. The molecule has 60 heavy (non-hydrogen) atoms. The van der Waals surface area contributed by atoms with Crippen LogP contribution in [-0.2, 0) is 34.9 Å². The number of hydrogen-bond donors (Lipinski definition) is 6. The molecule has 1 aliphatic rings. The fraction of sp³-hybridized carbons (Fsp3) is 0.615. The van der Waals surface area contributed by atoms with Gasteiger partial charge in [0.2, 0.25) is 34.8 Å². The lowest BCUT2D eigenvalue weighted by molar-refractivity contribution is -0.309. The molecule has 1 saturated heterocycles. The van der Waals surface area contributed by atoms with E-state index in [1.54, 1.807) is 18.3 Å². The van der Waals surface area contributed by atoms with Gasteiger partial charge in [0, 0.05) is 12.6 Å². The van der Waals surface area contributed by atoms with Gasteiger partial charge in [-0.15, -0.1) is 0 Å². The lowest BCUT2D eigenvalue weighted by Gasteiger charge is -2.30. The van der Waals surface area contributed by atoms with Gasteiger partial charge >= 0.3 is 5.97 Å². The lowest BCUT2D eigenvalue weighted by Crippen LogP contribution is -2.42. The SMILES string of the molecule is N/N=C(\C=NCCOCCOCCOCCOCCC(=O)Oc1c(F)c(F)c(F)c(F)c1F)CCCCCCCc1ccc(O)cc1.OC1CO[C@H](CCN(O)O)CC1O. The number of hydrogen-bond acceptors (Lipinski definition) is 16. The molecule has 0 amide bonds. The Morgan fingerprint density at radius 3 is 1.90 bits per heavy atom. The number of carbonyl (C=O) groups is 1. The van der Waals surface area contributed by atoms with Crippen molar-refractivity contribution >= 4 is 17.9 Å². The Balaban J connectivity index is 0.000000807. The highest BCUT2D eigenvalue weighted by Crippen LogP contribution is 2.29. The molecule has 3 atom stereocenters. The van der Waals surface area contributed by atoms with Crippen molar-refractivity contribution in [2.24, 2.45) is 15.9 Å². The maximum Gasteiger partial charge on any atom is 0.313 e. The first-order chi connectivity index (χ1) is 28.8. The zero-order valence-electron chi connectivity index (χ0n) is 33.4. The Hall–Kier alpha value is -3.90. The molecular formula is C39H57F5N4O12. The molecule has 1 aliphatic heterocycles. The zero-order valence-corrected chi connectivity index (χ0v) is 33.4. The molecule has 2 aromatic rings. The normalized spacial score (nSPS) is 17.0. The third-order valence-corrected chi connectivity index (χ3v) is 8.66. The van der Waals surface area contributed by atoms with Gasteiger partial charge in [0.15, 0.2) is 0 Å². The molecule has 0 aliphatic carbocycles. The van der Waals surface area contributed by atoms with E-state index >= 15 is 0 Å². The second kappa shape index (κ2) is 31.0. The molecule has 1 fully saturated rings. The Labute approximate surface area is 345 Å². The average Bonchev–Trinajstić information content (AvgIpc) is 3.23. The third kappa shape index (κ3) is 22.1. The summed E-state index contributed by atoms with van der Waals surface area (Å²) < 4.78 is 97.1. The quantitative estimate of drug-likeness (QED) is 0.00803. The number of phenolic OH excluding ortho intramolecular Hbond substituents is 1. The van der Waals surface area contributed by atoms with Crippen LogP contribution in [0.25, 0.3) is 0 Å². The summed E-state index contributed by atoms with van der Waals surface area (Å²) >= 11 is 0. The fourth-order valence-electron chi connectivity index (χ4n) is 5.34. The Morgan fingerprint density at radius 2 is 1.32 bits per heavy atom. The minimum atomic E-state index is -2.35. The predicted octanol–water partition coefficient (Wildman–Crippen LogP) is 4.39. The van der Waals surface area contributed by atoms with Crippen LogP contribution in [0.5, 0.6) is 11.5 Å². The monoisotopic (exact) mass is 868 g/mol. The van der Waals surface area contributed by atoms with E-state index in [2.05, 4.69) is 14.8 Å². The van der Waals surface area contributed by atoms with Crippen molar-refractivity contribution in [3.8, 4) is 11.5 Å². The molecule has 0 bridgehead atoms. The number of ether oxygens (including phenoxy) is 6. The maximum absolute atomic E-state index is 13.5. The van der Waals surface area contributed by atoms with Gasteiger partial charge in [-0.3, -0.25) is 20.2 Å². The van der Waals surface area contributed by atoms with Crippen molar-refractivity contribution in [3.63, 3.8) is 0 Å². The third-order valence-electron chi connectivity index (χ3n) is 8.66. The summed E-state index contributed by atoms with van der Waals surface area (Å²) in [6, 6.07) is 7.33. The van der Waals surface area contributed by atoms with Crippen LogP contribution >= 0.6 is 0 Å². The van der Waals surface area contributed by atoms with E-state index in [4.69, 9.17) is 45.0 Å². The number of rotatable bonds is 28. The second-order valence-electron chi connectivity index (χ2n) is 13.4. The van der Waals surface area contributed by atoms with E-state index in [9.17, 15) is 37.0 Å². The number of esters is 1.